The molecule has 0 bridgehead atoms. The van der Waals surface area contributed by atoms with Crippen LogP contribution < -0.4 is 32.0 Å². The number of hydrogen-bond acceptors (Lipinski definition) is 11. The molecule has 0 aliphatic carbocycles. The van der Waals surface area contributed by atoms with Gasteiger partial charge in [-0.25, -0.2) is 9.13 Å². The number of benzene rings is 3. The van der Waals surface area contributed by atoms with Gasteiger partial charge in [-0.05, 0) is 24.3 Å². The van der Waals surface area contributed by atoms with Crippen LogP contribution in [0.3, 0.4) is 0 Å². The molecule has 256 valence electrons. The fraction of sp³-hybridized carbons (Fsp3) is 0.389. The van der Waals surface area contributed by atoms with Crippen molar-refractivity contribution >= 4 is 32.9 Å². The summed E-state index contributed by atoms with van der Waals surface area (Å²) in [6, 6.07) is 17.3. The predicted molar refractivity (Wildman–Crippen MR) is 186 cm³/mol. The molecule has 2 aliphatic rings. The van der Waals surface area contributed by atoms with Gasteiger partial charge < -0.3 is 33.5 Å². The molecule has 2 saturated heterocycles. The lowest BCUT2D eigenvalue weighted by atomic mass is 10.0. The largest absolute Gasteiger partial charge is 0.378 e. The molecule has 4 heterocycles. The smallest absolute Gasteiger partial charge is 0.268 e. The molecule has 0 amide bonds. The minimum absolute atomic E-state index is 0.0785. The topological polar surface area (TPSA) is 131 Å². The molecule has 0 unspecified atom stereocenters. The highest BCUT2D eigenvalue weighted by molar-refractivity contribution is 6.20. The molecule has 0 saturated carbocycles. The molecule has 7 rings (SSSR count). The van der Waals surface area contributed by atoms with E-state index in [-0.39, 0.29) is 59.2 Å². The summed E-state index contributed by atoms with van der Waals surface area (Å²) in [7, 11) is 0. The molecule has 49 heavy (non-hydrogen) atoms. The first kappa shape index (κ1) is 32.9. The maximum absolute atomic E-state index is 14.7. The van der Waals surface area contributed by atoms with Crippen molar-refractivity contribution in [2.24, 2.45) is 0 Å². The van der Waals surface area contributed by atoms with Gasteiger partial charge in [0.15, 0.2) is 0 Å². The Labute approximate surface area is 281 Å². The molecule has 0 atom stereocenters. The zero-order valence-corrected chi connectivity index (χ0v) is 27.1. The van der Waals surface area contributed by atoms with E-state index >= 15 is 0 Å². The normalized spacial score (nSPS) is 17.7. The van der Waals surface area contributed by atoms with E-state index in [4.69, 9.17) is 23.7 Å². The number of anilines is 2. The number of para-hydroxylation sites is 2. The summed E-state index contributed by atoms with van der Waals surface area (Å²) in [6.07, 6.45) is 0. The molecule has 2 fully saturated rings. The van der Waals surface area contributed by atoms with Gasteiger partial charge in [0.25, 0.3) is 22.2 Å². The van der Waals surface area contributed by atoms with Crippen molar-refractivity contribution in [3.05, 3.63) is 102 Å². The van der Waals surface area contributed by atoms with Gasteiger partial charge >= 0.3 is 0 Å². The third-order valence-corrected chi connectivity index (χ3v) is 8.91. The highest BCUT2D eigenvalue weighted by atomic mass is 16.6. The SMILES string of the molecule is O=c1c2c(N3CCOCCOCCOCCOCC3)c3c(=O)n(-c4ccccc4)c(=O)c3c(N3CCOCC3)c2c(=O)n1-c1ccccc1. The molecule has 0 radical (unpaired) electrons. The Kier molecular flexibility index (Phi) is 9.96. The summed E-state index contributed by atoms with van der Waals surface area (Å²) < 4.78 is 30.9. The molecule has 3 aromatic carbocycles. The first-order chi connectivity index (χ1) is 24.1. The molecular weight excluding hydrogens is 632 g/mol. The Balaban J connectivity index is 1.55. The van der Waals surface area contributed by atoms with E-state index in [9.17, 15) is 19.2 Å². The van der Waals surface area contributed by atoms with E-state index < -0.39 is 22.2 Å². The maximum atomic E-state index is 14.7. The van der Waals surface area contributed by atoms with Crippen LogP contribution in [0.1, 0.15) is 0 Å². The number of fused-ring (bicyclic) bond motifs is 2. The Bertz CT molecular complexity index is 1980. The molecule has 0 spiro atoms. The Morgan fingerprint density at radius 2 is 0.633 bits per heavy atom. The van der Waals surface area contributed by atoms with Crippen LogP contribution in [-0.4, -0.2) is 101 Å². The van der Waals surface area contributed by atoms with E-state index in [1.165, 1.54) is 0 Å². The minimum atomic E-state index is -0.573. The second-order valence-corrected chi connectivity index (χ2v) is 11.8. The van der Waals surface area contributed by atoms with E-state index in [1.54, 1.807) is 60.7 Å². The number of nitrogens with zero attached hydrogens (tertiary/aromatic N) is 4. The quantitative estimate of drug-likeness (QED) is 0.277. The van der Waals surface area contributed by atoms with E-state index in [0.717, 1.165) is 9.13 Å². The van der Waals surface area contributed by atoms with Gasteiger partial charge in [-0.1, -0.05) is 36.4 Å². The highest BCUT2D eigenvalue weighted by Gasteiger charge is 2.34. The van der Waals surface area contributed by atoms with E-state index in [0.29, 0.717) is 77.3 Å². The molecule has 2 aliphatic heterocycles. The van der Waals surface area contributed by atoms with Gasteiger partial charge in [0.05, 0.1) is 110 Å². The van der Waals surface area contributed by atoms with Crippen molar-refractivity contribution in [3.63, 3.8) is 0 Å². The van der Waals surface area contributed by atoms with Crippen LogP contribution in [0, 0.1) is 0 Å². The molecule has 5 aromatic rings. The van der Waals surface area contributed by atoms with Crippen LogP contribution in [0.4, 0.5) is 11.4 Å². The number of morpholine rings is 1. The predicted octanol–water partition coefficient (Wildman–Crippen LogP) is 1.61. The molecule has 13 nitrogen and oxygen atoms in total. The van der Waals surface area contributed by atoms with Crippen LogP contribution in [-0.2, 0) is 23.7 Å². The Morgan fingerprint density at radius 3 is 0.939 bits per heavy atom. The third-order valence-electron chi connectivity index (χ3n) is 8.91. The van der Waals surface area contributed by atoms with Crippen LogP contribution in [0.25, 0.3) is 32.9 Å². The molecule has 2 aromatic heterocycles. The fourth-order valence-corrected chi connectivity index (χ4v) is 6.68. The lowest BCUT2D eigenvalue weighted by Crippen LogP contribution is -2.37. The van der Waals surface area contributed by atoms with E-state index in [2.05, 4.69) is 0 Å². The zero-order valence-electron chi connectivity index (χ0n) is 27.1. The maximum Gasteiger partial charge on any atom is 0.268 e. The van der Waals surface area contributed by atoms with Gasteiger partial charge in [-0.3, -0.25) is 19.2 Å². The van der Waals surface area contributed by atoms with Gasteiger partial charge in [0, 0.05) is 26.2 Å². The highest BCUT2D eigenvalue weighted by Crippen LogP contribution is 2.39. The van der Waals surface area contributed by atoms with Crippen molar-refractivity contribution < 1.29 is 23.7 Å². The Hall–Kier alpha value is -4.66. The summed E-state index contributed by atoms with van der Waals surface area (Å²) in [5.41, 5.74) is -0.983. The second kappa shape index (κ2) is 14.8. The van der Waals surface area contributed by atoms with Crippen LogP contribution in [0.5, 0.6) is 0 Å². The number of hydrogen-bond donors (Lipinski definition) is 0. The van der Waals surface area contributed by atoms with Gasteiger partial charge in [0.2, 0.25) is 0 Å². The minimum Gasteiger partial charge on any atom is -0.378 e. The monoisotopic (exact) mass is 670 g/mol. The van der Waals surface area contributed by atoms with Gasteiger partial charge in [0.1, 0.15) is 0 Å². The molecule has 0 N–H and O–H groups in total. The fourth-order valence-electron chi connectivity index (χ4n) is 6.68. The number of ether oxygens (including phenoxy) is 5. The summed E-state index contributed by atoms with van der Waals surface area (Å²) in [5.74, 6) is 0. The van der Waals surface area contributed by atoms with Gasteiger partial charge in [-0.15, -0.1) is 0 Å². The summed E-state index contributed by atoms with van der Waals surface area (Å²) in [5, 5.41) is 0.352. The standard InChI is InChI=1S/C36H38N4O9/c41-33-27-29(35(43)39(33)25-7-3-1-4-8-25)32(38-13-17-46-19-21-48-23-24-49-22-20-47-18-14-38)30-28(31(27)37-11-15-45-16-12-37)34(42)40(36(30)44)26-9-5-2-6-10-26/h1-10H,11-24H2. The van der Waals surface area contributed by atoms with Crippen LogP contribution >= 0.6 is 0 Å². The lowest BCUT2D eigenvalue weighted by molar-refractivity contribution is 0.00206. The van der Waals surface area contributed by atoms with Crippen LogP contribution in [0.15, 0.2) is 79.8 Å². The lowest BCUT2D eigenvalue weighted by Gasteiger charge is -2.31. The van der Waals surface area contributed by atoms with Crippen molar-refractivity contribution in [1.82, 2.24) is 9.13 Å². The molecule has 13 heteroatoms. The Morgan fingerprint density at radius 1 is 0.367 bits per heavy atom. The summed E-state index contributed by atoms with van der Waals surface area (Å²) in [4.78, 5) is 62.3. The first-order valence-electron chi connectivity index (χ1n) is 16.6. The number of rotatable bonds is 4. The average Bonchev–Trinajstić information content (AvgIpc) is 3.54. The van der Waals surface area contributed by atoms with Crippen molar-refractivity contribution in [1.29, 1.82) is 0 Å². The zero-order chi connectivity index (χ0) is 33.7. The average molecular weight is 671 g/mol. The molecular formula is C36H38N4O9. The third kappa shape index (κ3) is 6.31. The van der Waals surface area contributed by atoms with Crippen molar-refractivity contribution in [2.45, 2.75) is 0 Å². The van der Waals surface area contributed by atoms with Crippen molar-refractivity contribution in [2.75, 3.05) is 102 Å². The summed E-state index contributed by atoms with van der Waals surface area (Å²) >= 11 is 0. The van der Waals surface area contributed by atoms with Gasteiger partial charge in [-0.2, -0.15) is 0 Å². The first-order valence-corrected chi connectivity index (χ1v) is 16.6. The second-order valence-electron chi connectivity index (χ2n) is 11.8. The number of aromatic nitrogens is 2. The summed E-state index contributed by atoms with van der Waals surface area (Å²) in [6.45, 7) is 4.66. The van der Waals surface area contributed by atoms with Crippen LogP contribution in [0.2, 0.25) is 0 Å². The van der Waals surface area contributed by atoms with E-state index in [1.807, 2.05) is 9.80 Å². The van der Waals surface area contributed by atoms with Crippen molar-refractivity contribution in [3.8, 4) is 11.4 Å².